The Kier molecular flexibility index (Phi) is 3.61. The molecule has 28 heavy (non-hydrogen) atoms. The molecule has 0 bridgehead atoms. The molecule has 0 unspecified atom stereocenters. The number of fused-ring (bicyclic) bond motifs is 2. The summed E-state index contributed by atoms with van der Waals surface area (Å²) in [7, 11) is 0. The Morgan fingerprint density at radius 3 is 2.68 bits per heavy atom. The maximum absolute atomic E-state index is 13.1. The fourth-order valence-electron chi connectivity index (χ4n) is 2.96. The molecule has 0 aliphatic heterocycles. The first-order chi connectivity index (χ1) is 13.7. The lowest BCUT2D eigenvalue weighted by Gasteiger charge is -2.07. The van der Waals surface area contributed by atoms with E-state index in [9.17, 15) is 9.50 Å². The van der Waals surface area contributed by atoms with E-state index in [1.54, 1.807) is 47.4 Å². The fraction of sp³-hybridized carbons (Fsp3) is 0. The minimum atomic E-state index is -0.301. The number of aromatic nitrogens is 5. The third-order valence-corrected chi connectivity index (χ3v) is 4.28. The van der Waals surface area contributed by atoms with Gasteiger partial charge in [-0.05, 0) is 48.5 Å². The highest BCUT2D eigenvalue weighted by atomic mass is 19.1. The van der Waals surface area contributed by atoms with Crippen LogP contribution in [0.2, 0.25) is 0 Å². The molecule has 0 radical (unpaired) electrons. The van der Waals surface area contributed by atoms with E-state index >= 15 is 0 Å². The van der Waals surface area contributed by atoms with E-state index in [-0.39, 0.29) is 17.7 Å². The van der Waals surface area contributed by atoms with Gasteiger partial charge in [0.25, 0.3) is 0 Å². The standard InChI is InChI=1S/C20H12FN5O2/c21-13-1-3-14(4-2-13)26-18-6-5-15(9-12(18)10-23-26)28-20-24-17-11-22-8-7-16(17)19(27)25-20/h1-11H,(H,24,25,27). The van der Waals surface area contributed by atoms with Gasteiger partial charge in [0.15, 0.2) is 0 Å². The predicted octanol–water partition coefficient (Wildman–Crippen LogP) is 4.00. The lowest BCUT2D eigenvalue weighted by atomic mass is 10.2. The van der Waals surface area contributed by atoms with Gasteiger partial charge in [0.05, 0.1) is 34.5 Å². The number of ether oxygens (including phenoxy) is 1. The fourth-order valence-corrected chi connectivity index (χ4v) is 2.96. The van der Waals surface area contributed by atoms with E-state index in [0.29, 0.717) is 16.7 Å². The van der Waals surface area contributed by atoms with Crippen molar-refractivity contribution in [2.45, 2.75) is 0 Å². The van der Waals surface area contributed by atoms with Crippen molar-refractivity contribution in [2.24, 2.45) is 0 Å². The number of rotatable bonds is 3. The van der Waals surface area contributed by atoms with Crippen LogP contribution in [0.4, 0.5) is 4.39 Å². The molecule has 0 amide bonds. The number of halogens is 1. The zero-order valence-corrected chi connectivity index (χ0v) is 14.3. The van der Waals surface area contributed by atoms with Crippen LogP contribution in [0.3, 0.4) is 0 Å². The molecule has 3 aromatic heterocycles. The van der Waals surface area contributed by atoms with Crippen LogP contribution in [-0.4, -0.2) is 29.8 Å². The number of nitrogens with zero attached hydrogens (tertiary/aromatic N) is 5. The summed E-state index contributed by atoms with van der Waals surface area (Å²) in [6, 6.07) is 13.1. The molecule has 0 aliphatic rings. The molecule has 0 fully saturated rings. The highest BCUT2D eigenvalue weighted by Crippen LogP contribution is 2.28. The third kappa shape index (κ3) is 2.77. The Morgan fingerprint density at radius 1 is 0.964 bits per heavy atom. The van der Waals surface area contributed by atoms with Crippen LogP contribution in [0.1, 0.15) is 0 Å². The molecule has 136 valence electrons. The molecular formula is C20H12FN5O2. The van der Waals surface area contributed by atoms with E-state index in [1.165, 1.54) is 18.3 Å². The molecule has 7 nitrogen and oxygen atoms in total. The normalized spacial score (nSPS) is 11.2. The topological polar surface area (TPSA) is 86.0 Å². The van der Waals surface area contributed by atoms with Gasteiger partial charge in [0.1, 0.15) is 11.6 Å². The molecular weight excluding hydrogens is 361 g/mol. The second kappa shape index (κ2) is 6.27. The molecule has 0 spiro atoms. The number of benzene rings is 2. The largest absolute Gasteiger partial charge is 0.493 e. The Hall–Kier alpha value is -4.07. The smallest absolute Gasteiger partial charge is 0.325 e. The number of hydrogen-bond donors (Lipinski definition) is 1. The number of pyridine rings is 1. The van der Waals surface area contributed by atoms with Crippen molar-refractivity contribution >= 4 is 21.8 Å². The van der Waals surface area contributed by atoms with E-state index in [2.05, 4.69) is 20.1 Å². The molecule has 5 aromatic rings. The summed E-state index contributed by atoms with van der Waals surface area (Å²) in [5.41, 5.74) is 2.07. The zero-order valence-electron chi connectivity index (χ0n) is 14.3. The Morgan fingerprint density at radius 2 is 1.82 bits per heavy atom. The SMILES string of the molecule is Oc1nc(Oc2ccc3c(cnn3-c3ccc(F)cc3)c2)nc2cnccc12. The average molecular weight is 373 g/mol. The molecule has 0 saturated carbocycles. The average Bonchev–Trinajstić information content (AvgIpc) is 3.12. The van der Waals surface area contributed by atoms with Gasteiger partial charge in [-0.3, -0.25) is 4.98 Å². The molecule has 0 aliphatic carbocycles. The molecule has 1 N–H and O–H groups in total. The summed E-state index contributed by atoms with van der Waals surface area (Å²) < 4.78 is 20.6. The van der Waals surface area contributed by atoms with Gasteiger partial charge < -0.3 is 9.84 Å². The summed E-state index contributed by atoms with van der Waals surface area (Å²) in [6.07, 6.45) is 4.77. The van der Waals surface area contributed by atoms with Gasteiger partial charge in [-0.15, -0.1) is 0 Å². The van der Waals surface area contributed by atoms with Crippen molar-refractivity contribution in [1.29, 1.82) is 0 Å². The first kappa shape index (κ1) is 16.1. The highest BCUT2D eigenvalue weighted by Gasteiger charge is 2.11. The molecule has 5 rings (SSSR count). The van der Waals surface area contributed by atoms with Crippen molar-refractivity contribution in [1.82, 2.24) is 24.7 Å². The van der Waals surface area contributed by atoms with Gasteiger partial charge in [-0.2, -0.15) is 15.1 Å². The van der Waals surface area contributed by atoms with E-state index in [1.807, 2.05) is 6.07 Å². The predicted molar refractivity (Wildman–Crippen MR) is 100 cm³/mol. The Labute approximate surface area is 157 Å². The number of hydrogen-bond acceptors (Lipinski definition) is 6. The lowest BCUT2D eigenvalue weighted by Crippen LogP contribution is -1.96. The Balaban J connectivity index is 1.50. The monoisotopic (exact) mass is 373 g/mol. The van der Waals surface area contributed by atoms with Crippen LogP contribution in [0.25, 0.3) is 27.5 Å². The quantitative estimate of drug-likeness (QED) is 0.514. The first-order valence-corrected chi connectivity index (χ1v) is 8.40. The van der Waals surface area contributed by atoms with Crippen molar-refractivity contribution in [3.8, 4) is 23.3 Å². The van der Waals surface area contributed by atoms with Gasteiger partial charge in [0, 0.05) is 11.6 Å². The lowest BCUT2D eigenvalue weighted by molar-refractivity contribution is 0.412. The van der Waals surface area contributed by atoms with Crippen LogP contribution < -0.4 is 4.74 Å². The molecule has 0 saturated heterocycles. The highest BCUT2D eigenvalue weighted by molar-refractivity contribution is 5.83. The zero-order chi connectivity index (χ0) is 19.1. The van der Waals surface area contributed by atoms with Crippen LogP contribution in [0, 0.1) is 5.82 Å². The summed E-state index contributed by atoms with van der Waals surface area (Å²) in [5.74, 6) is 0.0196. The molecule has 8 heteroatoms. The van der Waals surface area contributed by atoms with Gasteiger partial charge >= 0.3 is 6.01 Å². The van der Waals surface area contributed by atoms with Crippen LogP contribution in [-0.2, 0) is 0 Å². The van der Waals surface area contributed by atoms with E-state index < -0.39 is 0 Å². The summed E-state index contributed by atoms with van der Waals surface area (Å²) in [6.45, 7) is 0. The van der Waals surface area contributed by atoms with Crippen molar-refractivity contribution in [2.75, 3.05) is 0 Å². The summed E-state index contributed by atoms with van der Waals surface area (Å²) in [5, 5.41) is 15.7. The van der Waals surface area contributed by atoms with E-state index in [0.717, 1.165) is 16.6 Å². The second-order valence-corrected chi connectivity index (χ2v) is 6.08. The summed E-state index contributed by atoms with van der Waals surface area (Å²) in [4.78, 5) is 12.2. The van der Waals surface area contributed by atoms with Gasteiger partial charge in [-0.25, -0.2) is 9.07 Å². The second-order valence-electron chi connectivity index (χ2n) is 6.08. The first-order valence-electron chi connectivity index (χ1n) is 8.40. The van der Waals surface area contributed by atoms with E-state index in [4.69, 9.17) is 4.74 Å². The molecule has 0 atom stereocenters. The minimum Gasteiger partial charge on any atom is -0.493 e. The maximum Gasteiger partial charge on any atom is 0.325 e. The van der Waals surface area contributed by atoms with Crippen molar-refractivity contribution < 1.29 is 14.2 Å². The molecule has 2 aromatic carbocycles. The minimum absolute atomic E-state index is 0.0169. The third-order valence-electron chi connectivity index (χ3n) is 4.28. The van der Waals surface area contributed by atoms with Crippen LogP contribution >= 0.6 is 0 Å². The van der Waals surface area contributed by atoms with Gasteiger partial charge in [-0.1, -0.05) is 0 Å². The number of aromatic hydroxyl groups is 1. The van der Waals surface area contributed by atoms with Crippen LogP contribution in [0.5, 0.6) is 17.6 Å². The molecule has 3 heterocycles. The summed E-state index contributed by atoms with van der Waals surface area (Å²) >= 11 is 0. The maximum atomic E-state index is 13.1. The van der Waals surface area contributed by atoms with Crippen molar-refractivity contribution in [3.63, 3.8) is 0 Å². The van der Waals surface area contributed by atoms with Gasteiger partial charge in [0.2, 0.25) is 5.88 Å². The Bertz CT molecular complexity index is 1320. The van der Waals surface area contributed by atoms with Crippen molar-refractivity contribution in [3.05, 3.63) is 72.9 Å². The van der Waals surface area contributed by atoms with Crippen LogP contribution in [0.15, 0.2) is 67.1 Å².